The normalized spacial score (nSPS) is 23.2. The summed E-state index contributed by atoms with van der Waals surface area (Å²) in [5.74, 6) is 0.449. The molecule has 2 saturated heterocycles. The Morgan fingerprint density at radius 2 is 1.59 bits per heavy atom. The van der Waals surface area contributed by atoms with Crippen LogP contribution in [0.15, 0.2) is 0 Å². The van der Waals surface area contributed by atoms with Gasteiger partial charge in [0.15, 0.2) is 0 Å². The number of nitrogens with one attached hydrogen (secondary N) is 1. The van der Waals surface area contributed by atoms with E-state index in [-0.39, 0.29) is 17.7 Å². The maximum Gasteiger partial charge on any atom is 0.244 e. The maximum absolute atomic E-state index is 12.9. The second kappa shape index (κ2) is 10.5. The SMILES string of the molecule is CC(=O)N1CCC(N(CC(C)C)N2CCN(C(=O)[C@@H](C)NC(=O)C3(N)CCC3)CC2)CC1. The number of hydrazine groups is 1. The van der Waals surface area contributed by atoms with Gasteiger partial charge in [0.2, 0.25) is 17.7 Å². The molecular weight excluding hydrogens is 408 g/mol. The van der Waals surface area contributed by atoms with E-state index in [1.165, 1.54) is 0 Å². The topological polar surface area (TPSA) is 102 Å². The van der Waals surface area contributed by atoms with Crippen molar-refractivity contribution in [3.63, 3.8) is 0 Å². The van der Waals surface area contributed by atoms with Crippen molar-refractivity contribution in [1.82, 2.24) is 25.1 Å². The quantitative estimate of drug-likeness (QED) is 0.582. The summed E-state index contributed by atoms with van der Waals surface area (Å²) >= 11 is 0. The molecule has 0 aromatic carbocycles. The Morgan fingerprint density at radius 1 is 1.00 bits per heavy atom. The van der Waals surface area contributed by atoms with Crippen molar-refractivity contribution in [2.45, 2.75) is 77.4 Å². The number of carbonyl (C=O) groups is 3. The summed E-state index contributed by atoms with van der Waals surface area (Å²) in [6, 6.07) is -0.130. The zero-order chi connectivity index (χ0) is 23.5. The number of amides is 3. The molecule has 0 spiro atoms. The van der Waals surface area contributed by atoms with Gasteiger partial charge in [0.1, 0.15) is 6.04 Å². The first-order chi connectivity index (χ1) is 15.1. The molecule has 182 valence electrons. The van der Waals surface area contributed by atoms with Gasteiger partial charge in [-0.15, -0.1) is 0 Å². The first-order valence-corrected chi connectivity index (χ1v) is 12.3. The zero-order valence-electron chi connectivity index (χ0n) is 20.3. The van der Waals surface area contributed by atoms with Gasteiger partial charge in [0.25, 0.3) is 0 Å². The van der Waals surface area contributed by atoms with Gasteiger partial charge in [-0.25, -0.2) is 10.0 Å². The highest BCUT2D eigenvalue weighted by Gasteiger charge is 2.41. The minimum Gasteiger partial charge on any atom is -0.343 e. The highest BCUT2D eigenvalue weighted by molar-refractivity contribution is 5.92. The third-order valence-corrected chi connectivity index (χ3v) is 7.23. The second-order valence-electron chi connectivity index (χ2n) is 10.2. The summed E-state index contributed by atoms with van der Waals surface area (Å²) in [5, 5.41) is 7.72. The van der Waals surface area contributed by atoms with Crippen LogP contribution in [0, 0.1) is 5.92 Å². The molecule has 2 aliphatic heterocycles. The van der Waals surface area contributed by atoms with Gasteiger partial charge in [-0.05, 0) is 44.9 Å². The summed E-state index contributed by atoms with van der Waals surface area (Å²) < 4.78 is 0. The van der Waals surface area contributed by atoms with Crippen LogP contribution in [-0.4, -0.2) is 101 Å². The Morgan fingerprint density at radius 3 is 2.06 bits per heavy atom. The fraction of sp³-hybridized carbons (Fsp3) is 0.870. The summed E-state index contributed by atoms with van der Waals surface area (Å²) in [5.41, 5.74) is 5.30. The summed E-state index contributed by atoms with van der Waals surface area (Å²) in [4.78, 5) is 40.8. The van der Waals surface area contributed by atoms with Crippen LogP contribution in [0.5, 0.6) is 0 Å². The van der Waals surface area contributed by atoms with E-state index in [0.717, 1.165) is 52.0 Å². The van der Waals surface area contributed by atoms with Crippen molar-refractivity contribution in [2.24, 2.45) is 11.7 Å². The molecule has 0 aromatic heterocycles. The van der Waals surface area contributed by atoms with E-state index >= 15 is 0 Å². The monoisotopic (exact) mass is 450 g/mol. The van der Waals surface area contributed by atoms with Crippen LogP contribution in [0.3, 0.4) is 0 Å². The first-order valence-electron chi connectivity index (χ1n) is 12.3. The molecule has 9 nitrogen and oxygen atoms in total. The van der Waals surface area contributed by atoms with Crippen molar-refractivity contribution in [3.05, 3.63) is 0 Å². The lowest BCUT2D eigenvalue weighted by molar-refractivity contribution is -0.146. The predicted molar refractivity (Wildman–Crippen MR) is 123 cm³/mol. The largest absolute Gasteiger partial charge is 0.343 e. The summed E-state index contributed by atoms with van der Waals surface area (Å²) in [6.07, 6.45) is 4.31. The number of piperazine rings is 1. The molecule has 3 N–H and O–H groups in total. The number of carbonyl (C=O) groups excluding carboxylic acids is 3. The van der Waals surface area contributed by atoms with E-state index in [1.807, 2.05) is 9.80 Å². The van der Waals surface area contributed by atoms with Gasteiger partial charge in [-0.3, -0.25) is 14.4 Å². The van der Waals surface area contributed by atoms with Crippen molar-refractivity contribution >= 4 is 17.7 Å². The fourth-order valence-corrected chi connectivity index (χ4v) is 4.98. The lowest BCUT2D eigenvalue weighted by atomic mass is 9.77. The van der Waals surface area contributed by atoms with Crippen LogP contribution in [0.2, 0.25) is 0 Å². The lowest BCUT2D eigenvalue weighted by Crippen LogP contribution is -2.63. The van der Waals surface area contributed by atoms with Gasteiger partial charge >= 0.3 is 0 Å². The average molecular weight is 451 g/mol. The van der Waals surface area contributed by atoms with Crippen molar-refractivity contribution in [2.75, 3.05) is 45.8 Å². The number of nitrogens with zero attached hydrogens (tertiary/aromatic N) is 4. The molecule has 2 heterocycles. The molecule has 32 heavy (non-hydrogen) atoms. The van der Waals surface area contributed by atoms with Crippen molar-refractivity contribution in [1.29, 1.82) is 0 Å². The minimum atomic E-state index is -0.789. The van der Waals surface area contributed by atoms with Crippen LogP contribution in [0.25, 0.3) is 0 Å². The van der Waals surface area contributed by atoms with Gasteiger partial charge in [-0.1, -0.05) is 13.8 Å². The first kappa shape index (κ1) is 24.9. The molecule has 0 radical (unpaired) electrons. The molecule has 0 aromatic rings. The molecule has 9 heteroatoms. The van der Waals surface area contributed by atoms with Crippen LogP contribution in [0.1, 0.15) is 59.8 Å². The van der Waals surface area contributed by atoms with E-state index in [0.29, 0.717) is 37.9 Å². The fourth-order valence-electron chi connectivity index (χ4n) is 4.98. The maximum atomic E-state index is 12.9. The molecular formula is C23H42N6O3. The predicted octanol–water partition coefficient (Wildman–Crippen LogP) is 0.401. The van der Waals surface area contributed by atoms with E-state index in [4.69, 9.17) is 5.73 Å². The molecule has 3 amide bonds. The average Bonchev–Trinajstić information content (AvgIpc) is 2.75. The lowest BCUT2D eigenvalue weighted by Gasteiger charge is -2.47. The van der Waals surface area contributed by atoms with Gasteiger partial charge in [-0.2, -0.15) is 0 Å². The number of likely N-dealkylation sites (tertiary alicyclic amines) is 1. The van der Waals surface area contributed by atoms with Crippen LogP contribution >= 0.6 is 0 Å². The highest BCUT2D eigenvalue weighted by atomic mass is 16.2. The zero-order valence-corrected chi connectivity index (χ0v) is 20.3. The summed E-state index contributed by atoms with van der Waals surface area (Å²) in [7, 11) is 0. The van der Waals surface area contributed by atoms with Gasteiger partial charge < -0.3 is 20.9 Å². The number of rotatable bonds is 7. The Labute approximate surface area is 192 Å². The van der Waals surface area contributed by atoms with Gasteiger partial charge in [0, 0.05) is 58.8 Å². The van der Waals surface area contributed by atoms with E-state index in [2.05, 4.69) is 29.2 Å². The number of piperidine rings is 1. The molecule has 0 unspecified atom stereocenters. The van der Waals surface area contributed by atoms with Crippen LogP contribution in [-0.2, 0) is 14.4 Å². The van der Waals surface area contributed by atoms with Crippen molar-refractivity contribution < 1.29 is 14.4 Å². The molecule has 0 bridgehead atoms. The molecule has 3 aliphatic rings. The van der Waals surface area contributed by atoms with E-state index in [1.54, 1.807) is 13.8 Å². The molecule has 3 rings (SSSR count). The number of hydrogen-bond donors (Lipinski definition) is 2. The standard InChI is InChI=1S/C23H42N6O3/c1-17(2)16-29(20-6-10-26(11-7-20)19(4)30)28-14-12-27(13-15-28)21(31)18(3)25-22(32)23(24)8-5-9-23/h17-18,20H,5-16,24H2,1-4H3,(H,25,32)/t18-/m1/s1. The molecule has 1 aliphatic carbocycles. The van der Waals surface area contributed by atoms with Gasteiger partial charge in [0.05, 0.1) is 5.54 Å². The molecule has 1 atom stereocenters. The van der Waals surface area contributed by atoms with Crippen LogP contribution in [0.4, 0.5) is 0 Å². The summed E-state index contributed by atoms with van der Waals surface area (Å²) in [6.45, 7) is 13.3. The number of hydrogen-bond acceptors (Lipinski definition) is 6. The van der Waals surface area contributed by atoms with E-state index in [9.17, 15) is 14.4 Å². The molecule has 1 saturated carbocycles. The Bertz CT molecular complexity index is 679. The second-order valence-corrected chi connectivity index (χ2v) is 10.2. The Balaban J connectivity index is 1.52. The third kappa shape index (κ3) is 5.80. The van der Waals surface area contributed by atoms with E-state index < -0.39 is 11.6 Å². The van der Waals surface area contributed by atoms with Crippen molar-refractivity contribution in [3.8, 4) is 0 Å². The molecule has 3 fully saturated rings. The Kier molecular flexibility index (Phi) is 8.16. The Hall–Kier alpha value is -1.71. The highest BCUT2D eigenvalue weighted by Crippen LogP contribution is 2.29. The third-order valence-electron chi connectivity index (χ3n) is 7.23. The minimum absolute atomic E-state index is 0.0360. The smallest absolute Gasteiger partial charge is 0.244 e. The number of nitrogens with two attached hydrogens (primary N) is 1. The van der Waals surface area contributed by atoms with Crippen LogP contribution < -0.4 is 11.1 Å².